The first-order valence-corrected chi connectivity index (χ1v) is 9.08. The third-order valence-electron chi connectivity index (χ3n) is 2.98. The van der Waals surface area contributed by atoms with Crippen molar-refractivity contribution in [1.29, 1.82) is 0 Å². The van der Waals surface area contributed by atoms with Crippen LogP contribution in [0, 0.1) is 13.8 Å². The van der Waals surface area contributed by atoms with E-state index in [9.17, 15) is 13.2 Å². The Morgan fingerprint density at radius 1 is 1.18 bits per heavy atom. The average molecular weight is 359 g/mol. The average Bonchev–Trinajstić information content (AvgIpc) is 2.88. The molecule has 1 amide bonds. The molecule has 0 atom stereocenters. The van der Waals surface area contributed by atoms with Crippen molar-refractivity contribution in [2.45, 2.75) is 18.1 Å². The molecule has 1 aromatic heterocycles. The number of amides is 1. The predicted octanol–water partition coefficient (Wildman–Crippen LogP) is 2.94. The molecule has 1 heterocycles. The topological polar surface area (TPSA) is 75.3 Å². The third-order valence-corrected chi connectivity index (χ3v) is 6.11. The van der Waals surface area contributed by atoms with Gasteiger partial charge in [0.1, 0.15) is 4.21 Å². The molecule has 8 heteroatoms. The summed E-state index contributed by atoms with van der Waals surface area (Å²) in [4.78, 5) is 11.9. The molecule has 118 valence electrons. The molecule has 5 nitrogen and oxygen atoms in total. The van der Waals surface area contributed by atoms with Gasteiger partial charge in [-0.3, -0.25) is 4.79 Å². The minimum absolute atomic E-state index is 0.0809. The van der Waals surface area contributed by atoms with E-state index in [1.54, 1.807) is 0 Å². The van der Waals surface area contributed by atoms with Gasteiger partial charge in [-0.1, -0.05) is 29.8 Å². The van der Waals surface area contributed by atoms with Crippen molar-refractivity contribution < 1.29 is 13.2 Å². The Labute approximate surface area is 138 Å². The number of sulfonamides is 1. The molecule has 0 aliphatic carbocycles. The maximum Gasteiger partial charge on any atom is 0.250 e. The van der Waals surface area contributed by atoms with Gasteiger partial charge in [0.25, 0.3) is 10.0 Å². The van der Waals surface area contributed by atoms with Crippen LogP contribution >= 0.6 is 22.9 Å². The lowest BCUT2D eigenvalue weighted by Crippen LogP contribution is -2.32. The molecule has 0 bridgehead atoms. The minimum atomic E-state index is -3.72. The summed E-state index contributed by atoms with van der Waals surface area (Å²) in [6.45, 7) is 3.41. The number of halogens is 1. The van der Waals surface area contributed by atoms with Crippen molar-refractivity contribution in [3.05, 3.63) is 45.8 Å². The number of benzene rings is 1. The Bertz CT molecular complexity index is 780. The molecule has 2 N–H and O–H groups in total. The fourth-order valence-corrected chi connectivity index (χ4v) is 4.38. The van der Waals surface area contributed by atoms with Crippen LogP contribution in [0.1, 0.15) is 11.1 Å². The molecule has 1 aromatic carbocycles. The van der Waals surface area contributed by atoms with Gasteiger partial charge in [-0.2, -0.15) is 0 Å². The van der Waals surface area contributed by atoms with Crippen LogP contribution in [-0.2, 0) is 14.8 Å². The van der Waals surface area contributed by atoms with Gasteiger partial charge < -0.3 is 5.32 Å². The quantitative estimate of drug-likeness (QED) is 0.862. The molecule has 2 rings (SSSR count). The standard InChI is InChI=1S/C14H15ClN2O3S2/c1-9-4-3-5-10(2)14(9)17-12(18)8-16-22(19,20)13-7-6-11(15)21-13/h3-7,16H,8H2,1-2H3,(H,17,18). The zero-order valence-electron chi connectivity index (χ0n) is 12.0. The number of anilines is 1. The Balaban J connectivity index is 2.01. The van der Waals surface area contributed by atoms with Crippen molar-refractivity contribution in [2.75, 3.05) is 11.9 Å². The molecule has 0 fully saturated rings. The van der Waals surface area contributed by atoms with Gasteiger partial charge in [0.15, 0.2) is 0 Å². The fraction of sp³-hybridized carbons (Fsp3) is 0.214. The molecular weight excluding hydrogens is 344 g/mol. The zero-order chi connectivity index (χ0) is 16.3. The van der Waals surface area contributed by atoms with Gasteiger partial charge in [0.05, 0.1) is 10.9 Å². The number of aryl methyl sites for hydroxylation is 2. The predicted molar refractivity (Wildman–Crippen MR) is 89.1 cm³/mol. The molecule has 0 saturated heterocycles. The van der Waals surface area contributed by atoms with E-state index in [-0.39, 0.29) is 10.8 Å². The van der Waals surface area contributed by atoms with E-state index in [0.29, 0.717) is 10.0 Å². The van der Waals surface area contributed by atoms with Gasteiger partial charge >= 0.3 is 0 Å². The lowest BCUT2D eigenvalue weighted by molar-refractivity contribution is -0.115. The largest absolute Gasteiger partial charge is 0.324 e. The highest BCUT2D eigenvalue weighted by molar-refractivity contribution is 7.91. The number of para-hydroxylation sites is 1. The number of rotatable bonds is 5. The Morgan fingerprint density at radius 2 is 1.82 bits per heavy atom. The summed E-state index contributed by atoms with van der Waals surface area (Å²) in [5, 5.41) is 2.72. The molecule has 0 saturated carbocycles. The summed E-state index contributed by atoms with van der Waals surface area (Å²) in [5.41, 5.74) is 2.54. The SMILES string of the molecule is Cc1cccc(C)c1NC(=O)CNS(=O)(=O)c1ccc(Cl)s1. The van der Waals surface area contributed by atoms with E-state index in [1.807, 2.05) is 32.0 Å². The molecule has 0 spiro atoms. The van der Waals surface area contributed by atoms with Crippen LogP contribution in [0.25, 0.3) is 0 Å². The lowest BCUT2D eigenvalue weighted by atomic mass is 10.1. The van der Waals surface area contributed by atoms with E-state index in [0.717, 1.165) is 22.5 Å². The maximum absolute atomic E-state index is 12.0. The molecule has 0 aliphatic rings. The molecule has 2 aromatic rings. The van der Waals surface area contributed by atoms with Crippen molar-refractivity contribution in [2.24, 2.45) is 0 Å². The summed E-state index contributed by atoms with van der Waals surface area (Å²) in [6, 6.07) is 8.54. The summed E-state index contributed by atoms with van der Waals surface area (Å²) >= 11 is 6.66. The lowest BCUT2D eigenvalue weighted by Gasteiger charge is -2.11. The Hall–Kier alpha value is -1.41. The van der Waals surface area contributed by atoms with Crippen LogP contribution < -0.4 is 10.0 Å². The zero-order valence-corrected chi connectivity index (χ0v) is 14.4. The van der Waals surface area contributed by atoms with Crippen LogP contribution in [0.3, 0.4) is 0 Å². The molecule has 0 unspecified atom stereocenters. The first-order valence-electron chi connectivity index (χ1n) is 6.40. The molecule has 22 heavy (non-hydrogen) atoms. The van der Waals surface area contributed by atoms with Crippen LogP contribution in [0.4, 0.5) is 5.69 Å². The highest BCUT2D eigenvalue weighted by Gasteiger charge is 2.18. The number of hydrogen-bond donors (Lipinski definition) is 2. The monoisotopic (exact) mass is 358 g/mol. The van der Waals surface area contributed by atoms with Gasteiger partial charge in [-0.05, 0) is 37.1 Å². The second kappa shape index (κ2) is 6.78. The van der Waals surface area contributed by atoms with Crippen LogP contribution in [-0.4, -0.2) is 20.9 Å². The number of thiophene rings is 1. The Kier molecular flexibility index (Phi) is 5.23. The van der Waals surface area contributed by atoms with Crippen molar-refractivity contribution >= 4 is 44.6 Å². The molecule has 0 radical (unpaired) electrons. The number of carbonyl (C=O) groups excluding carboxylic acids is 1. The minimum Gasteiger partial charge on any atom is -0.324 e. The van der Waals surface area contributed by atoms with Crippen molar-refractivity contribution in [3.8, 4) is 0 Å². The van der Waals surface area contributed by atoms with E-state index >= 15 is 0 Å². The highest BCUT2D eigenvalue weighted by Crippen LogP contribution is 2.25. The van der Waals surface area contributed by atoms with Crippen molar-refractivity contribution in [1.82, 2.24) is 4.72 Å². The second-order valence-corrected chi connectivity index (χ2v) is 8.41. The highest BCUT2D eigenvalue weighted by atomic mass is 35.5. The van der Waals surface area contributed by atoms with Gasteiger partial charge in [0, 0.05) is 5.69 Å². The fourth-order valence-electron chi connectivity index (χ4n) is 1.87. The first kappa shape index (κ1) is 17.0. The molecule has 0 aliphatic heterocycles. The number of carbonyl (C=O) groups is 1. The van der Waals surface area contributed by atoms with Crippen molar-refractivity contribution in [3.63, 3.8) is 0 Å². The van der Waals surface area contributed by atoms with Crippen LogP contribution in [0.2, 0.25) is 4.34 Å². The Morgan fingerprint density at radius 3 is 2.36 bits per heavy atom. The van der Waals surface area contributed by atoms with E-state index in [2.05, 4.69) is 10.0 Å². The maximum atomic E-state index is 12.0. The van der Waals surface area contributed by atoms with Crippen LogP contribution in [0.15, 0.2) is 34.5 Å². The summed E-state index contributed by atoms with van der Waals surface area (Å²) in [6.07, 6.45) is 0. The third kappa shape index (κ3) is 4.07. The first-order chi connectivity index (χ1) is 10.3. The van der Waals surface area contributed by atoms with E-state index in [4.69, 9.17) is 11.6 Å². The molecular formula is C14H15ClN2O3S2. The van der Waals surface area contributed by atoms with E-state index < -0.39 is 15.9 Å². The number of hydrogen-bond acceptors (Lipinski definition) is 4. The normalized spacial score (nSPS) is 11.4. The summed E-state index contributed by atoms with van der Waals surface area (Å²) < 4.78 is 26.7. The summed E-state index contributed by atoms with van der Waals surface area (Å²) in [5.74, 6) is -0.427. The summed E-state index contributed by atoms with van der Waals surface area (Å²) in [7, 11) is -3.72. The van der Waals surface area contributed by atoms with Gasteiger partial charge in [-0.25, -0.2) is 13.1 Å². The number of nitrogens with one attached hydrogen (secondary N) is 2. The van der Waals surface area contributed by atoms with E-state index in [1.165, 1.54) is 12.1 Å². The smallest absolute Gasteiger partial charge is 0.250 e. The van der Waals surface area contributed by atoms with Crippen LogP contribution in [0.5, 0.6) is 0 Å². The van der Waals surface area contributed by atoms with Gasteiger partial charge in [0.2, 0.25) is 5.91 Å². The van der Waals surface area contributed by atoms with Gasteiger partial charge in [-0.15, -0.1) is 11.3 Å². The second-order valence-electron chi connectivity index (χ2n) is 4.70.